The smallest absolute Gasteiger partial charge is 0.343 e. The van der Waals surface area contributed by atoms with Gasteiger partial charge < -0.3 is 16.6 Å². The van der Waals surface area contributed by atoms with E-state index in [0.29, 0.717) is 37.9 Å². The average Bonchev–Trinajstić information content (AvgIpc) is 3.06. The topological polar surface area (TPSA) is 181 Å². The normalized spacial score (nSPS) is 24.4. The number of carbonyl (C=O) groups excluding carboxylic acids is 3. The van der Waals surface area contributed by atoms with Gasteiger partial charge in [0.1, 0.15) is 17.2 Å². The highest BCUT2D eigenvalue weighted by molar-refractivity contribution is 6.29. The number of aryl methyl sites for hydroxylation is 1. The highest BCUT2D eigenvalue weighted by Crippen LogP contribution is 2.40. The molecule has 2 fully saturated rings. The summed E-state index contributed by atoms with van der Waals surface area (Å²) in [5, 5.41) is 16.4. The Bertz CT molecular complexity index is 983. The quantitative estimate of drug-likeness (QED) is 0.318. The van der Waals surface area contributed by atoms with Gasteiger partial charge in [-0.1, -0.05) is 13.3 Å². The van der Waals surface area contributed by atoms with Crippen LogP contribution in [0.2, 0.25) is 0 Å². The molecule has 176 valence electrons. The zero-order valence-electron chi connectivity index (χ0n) is 18.5. The summed E-state index contributed by atoms with van der Waals surface area (Å²) in [6.45, 7) is 3.93. The minimum atomic E-state index is -0.781. The van der Waals surface area contributed by atoms with Crippen LogP contribution in [0.15, 0.2) is 16.2 Å². The Morgan fingerprint density at radius 3 is 2.34 bits per heavy atom. The molecule has 1 aromatic heterocycles. The molecule has 0 aromatic carbocycles. The maximum absolute atomic E-state index is 13.1. The molecular formula is C20H31N7O5. The van der Waals surface area contributed by atoms with Crippen LogP contribution >= 0.6 is 0 Å². The lowest BCUT2D eigenvalue weighted by molar-refractivity contribution is -0.138. The van der Waals surface area contributed by atoms with Crippen LogP contribution < -0.4 is 17.2 Å². The highest BCUT2D eigenvalue weighted by Gasteiger charge is 2.48. The lowest BCUT2D eigenvalue weighted by atomic mass is 9.72. The number of imide groups is 2. The molecule has 3 rings (SSSR count). The average molecular weight is 450 g/mol. The fourth-order valence-electron chi connectivity index (χ4n) is 4.49. The van der Waals surface area contributed by atoms with Crippen LogP contribution in [0, 0.1) is 12.3 Å². The Balaban J connectivity index is 1.82. The van der Waals surface area contributed by atoms with Gasteiger partial charge in [0.15, 0.2) is 0 Å². The monoisotopic (exact) mass is 449 g/mol. The Hall–Kier alpha value is -3.15. The van der Waals surface area contributed by atoms with E-state index in [1.807, 2.05) is 6.92 Å². The lowest BCUT2D eigenvalue weighted by Gasteiger charge is -2.44. The van der Waals surface area contributed by atoms with Crippen molar-refractivity contribution < 1.29 is 19.5 Å². The number of H-pyrrole nitrogens is 1. The van der Waals surface area contributed by atoms with E-state index in [1.165, 1.54) is 4.57 Å². The number of nitrogens with two attached hydrogens (primary N) is 2. The summed E-state index contributed by atoms with van der Waals surface area (Å²) in [6.07, 6.45) is 3.13. The largest absolute Gasteiger partial charge is 0.396 e. The third-order valence-corrected chi connectivity index (χ3v) is 6.51. The summed E-state index contributed by atoms with van der Waals surface area (Å²) in [4.78, 5) is 52.9. The van der Waals surface area contributed by atoms with Crippen molar-refractivity contribution in [2.75, 3.05) is 13.2 Å². The van der Waals surface area contributed by atoms with E-state index < -0.39 is 35.1 Å². The molecule has 0 bridgehead atoms. The first-order valence-electron chi connectivity index (χ1n) is 10.8. The number of rotatable bonds is 7. The number of aliphatic hydroxyl groups excluding tert-OH is 1. The molecule has 1 aliphatic carbocycles. The molecule has 0 spiro atoms. The molecule has 2 aliphatic rings. The summed E-state index contributed by atoms with van der Waals surface area (Å²) in [6, 6.07) is -1.13. The molecule has 32 heavy (non-hydrogen) atoms. The number of aromatic amines is 1. The van der Waals surface area contributed by atoms with Crippen molar-refractivity contribution in [1.82, 2.24) is 24.6 Å². The Kier molecular flexibility index (Phi) is 6.72. The summed E-state index contributed by atoms with van der Waals surface area (Å²) >= 11 is 0. The van der Waals surface area contributed by atoms with Gasteiger partial charge in [-0.2, -0.15) is 5.10 Å². The molecule has 0 radical (unpaired) electrons. The summed E-state index contributed by atoms with van der Waals surface area (Å²) < 4.78 is 1.48. The van der Waals surface area contributed by atoms with E-state index in [2.05, 4.69) is 10.2 Å². The number of amides is 4. The van der Waals surface area contributed by atoms with E-state index in [1.54, 1.807) is 6.92 Å². The lowest BCUT2D eigenvalue weighted by Crippen LogP contribution is -2.61. The second kappa shape index (κ2) is 9.15. The van der Waals surface area contributed by atoms with Crippen LogP contribution in [0.4, 0.5) is 4.79 Å². The van der Waals surface area contributed by atoms with E-state index in [0.717, 1.165) is 16.2 Å². The molecule has 0 unspecified atom stereocenters. The predicted molar refractivity (Wildman–Crippen MR) is 114 cm³/mol. The van der Waals surface area contributed by atoms with Crippen molar-refractivity contribution in [3.8, 4) is 0 Å². The second-order valence-corrected chi connectivity index (χ2v) is 8.65. The number of hydrogen-bond donors (Lipinski definition) is 4. The number of nitrogens with one attached hydrogen (secondary N) is 1. The van der Waals surface area contributed by atoms with E-state index in [9.17, 15) is 24.3 Å². The van der Waals surface area contributed by atoms with Crippen LogP contribution in [-0.4, -0.2) is 66.7 Å². The molecule has 1 aromatic rings. The molecule has 1 saturated carbocycles. The molecule has 6 N–H and O–H groups in total. The predicted octanol–water partition coefficient (Wildman–Crippen LogP) is -0.479. The van der Waals surface area contributed by atoms with Crippen molar-refractivity contribution in [1.29, 1.82) is 0 Å². The Labute approximate surface area is 185 Å². The van der Waals surface area contributed by atoms with Crippen molar-refractivity contribution in [3.05, 3.63) is 27.7 Å². The Morgan fingerprint density at radius 2 is 1.84 bits per heavy atom. The van der Waals surface area contributed by atoms with Gasteiger partial charge in [0.2, 0.25) is 0 Å². The van der Waals surface area contributed by atoms with Crippen LogP contribution in [0.5, 0.6) is 0 Å². The number of urea groups is 1. The van der Waals surface area contributed by atoms with Gasteiger partial charge in [-0.3, -0.25) is 24.0 Å². The first-order chi connectivity index (χ1) is 15.2. The number of carbonyl (C=O) groups is 3. The molecule has 4 amide bonds. The van der Waals surface area contributed by atoms with Crippen LogP contribution in [0.1, 0.15) is 51.3 Å². The summed E-state index contributed by atoms with van der Waals surface area (Å²) in [7, 11) is 0. The van der Waals surface area contributed by atoms with Crippen molar-refractivity contribution in [2.45, 2.75) is 65.0 Å². The molecule has 1 aliphatic heterocycles. The van der Waals surface area contributed by atoms with E-state index in [4.69, 9.17) is 11.5 Å². The SMILES string of the molecule is CCCCN1C(=O)C(=C(N)N)C(=O)N(C2CCC(CO)(Cn3c(C)n[nH]c3=O)CC2)C1=O. The van der Waals surface area contributed by atoms with Gasteiger partial charge in [0, 0.05) is 24.5 Å². The van der Waals surface area contributed by atoms with Crippen LogP contribution in [0.25, 0.3) is 0 Å². The molecule has 12 heteroatoms. The number of aromatic nitrogens is 3. The number of nitrogens with zero attached hydrogens (tertiary/aromatic N) is 4. The fourth-order valence-corrected chi connectivity index (χ4v) is 4.49. The van der Waals surface area contributed by atoms with E-state index in [-0.39, 0.29) is 31.0 Å². The molecule has 2 heterocycles. The molecule has 1 saturated heterocycles. The van der Waals surface area contributed by atoms with Gasteiger partial charge in [0.05, 0.1) is 6.61 Å². The zero-order chi connectivity index (χ0) is 23.6. The molecule has 0 atom stereocenters. The van der Waals surface area contributed by atoms with Gasteiger partial charge in [-0.25, -0.2) is 14.7 Å². The third kappa shape index (κ3) is 4.14. The van der Waals surface area contributed by atoms with Crippen molar-refractivity contribution >= 4 is 17.8 Å². The van der Waals surface area contributed by atoms with Crippen LogP contribution in [-0.2, 0) is 16.1 Å². The first-order valence-corrected chi connectivity index (χ1v) is 10.8. The highest BCUT2D eigenvalue weighted by atomic mass is 16.3. The van der Waals surface area contributed by atoms with Gasteiger partial charge in [0.25, 0.3) is 11.8 Å². The third-order valence-electron chi connectivity index (χ3n) is 6.51. The second-order valence-electron chi connectivity index (χ2n) is 8.65. The van der Waals surface area contributed by atoms with Gasteiger partial charge >= 0.3 is 11.7 Å². The van der Waals surface area contributed by atoms with Crippen molar-refractivity contribution in [2.24, 2.45) is 16.9 Å². The standard InChI is InChI=1S/C20H31N7O5/c1-3-4-9-25-16(29)14(15(21)22)17(30)27(19(25)32)13-5-7-20(11-28,8-6-13)10-26-12(2)23-24-18(26)31/h13,28H,3-11,21-22H2,1-2H3,(H,24,31). The molecular weight excluding hydrogens is 418 g/mol. The number of unbranched alkanes of at least 4 members (excludes halogenated alkanes) is 1. The number of barbiturate groups is 1. The van der Waals surface area contributed by atoms with Crippen LogP contribution in [0.3, 0.4) is 0 Å². The summed E-state index contributed by atoms with van der Waals surface area (Å²) in [5.74, 6) is -1.44. The minimum Gasteiger partial charge on any atom is -0.396 e. The van der Waals surface area contributed by atoms with Crippen molar-refractivity contribution in [3.63, 3.8) is 0 Å². The Morgan fingerprint density at radius 1 is 1.19 bits per heavy atom. The first kappa shape index (κ1) is 23.5. The maximum atomic E-state index is 13.1. The molecule has 12 nitrogen and oxygen atoms in total. The fraction of sp³-hybridized carbons (Fsp3) is 0.650. The van der Waals surface area contributed by atoms with E-state index >= 15 is 0 Å². The summed E-state index contributed by atoms with van der Waals surface area (Å²) in [5.41, 5.74) is 9.94. The van der Waals surface area contributed by atoms with Gasteiger partial charge in [-0.15, -0.1) is 0 Å². The van der Waals surface area contributed by atoms with Gasteiger partial charge in [-0.05, 0) is 39.0 Å². The maximum Gasteiger partial charge on any atom is 0.343 e. The zero-order valence-corrected chi connectivity index (χ0v) is 18.5. The number of aliphatic hydroxyl groups is 1. The minimum absolute atomic E-state index is 0.152. The number of hydrogen-bond acceptors (Lipinski definition) is 8.